The van der Waals surface area contributed by atoms with Crippen LogP contribution < -0.4 is 28.2 Å². The Balaban J connectivity index is 0.000000304. The summed E-state index contributed by atoms with van der Waals surface area (Å²) >= 11 is 12.2. The highest BCUT2D eigenvalue weighted by molar-refractivity contribution is 7.42. The summed E-state index contributed by atoms with van der Waals surface area (Å²) in [4.78, 5) is 0. The van der Waals surface area contributed by atoms with E-state index in [1.54, 1.807) is 32.4 Å². The molecule has 2 aliphatic rings. The van der Waals surface area contributed by atoms with Crippen molar-refractivity contribution in [1.29, 1.82) is 0 Å². The largest absolute Gasteiger partial charge is 0.565 e. The van der Waals surface area contributed by atoms with E-state index in [0.717, 1.165) is 96.2 Å². The van der Waals surface area contributed by atoms with Gasteiger partial charge in [-0.15, -0.1) is 0 Å². The third-order valence-corrected chi connectivity index (χ3v) is 28.7. The van der Waals surface area contributed by atoms with E-state index in [0.29, 0.717) is 85.3 Å². The van der Waals surface area contributed by atoms with Crippen LogP contribution in [0, 0.1) is 0 Å². The van der Waals surface area contributed by atoms with Crippen LogP contribution in [0.3, 0.4) is 0 Å². The molecule has 0 spiro atoms. The van der Waals surface area contributed by atoms with E-state index in [1.807, 2.05) is 159 Å². The molecular formula is C69H106Cl2O16Si5. The third-order valence-electron chi connectivity index (χ3n) is 13.7. The number of hydrogen-bond acceptors (Lipinski definition) is 16. The molecule has 0 saturated heterocycles. The second-order valence-electron chi connectivity index (χ2n) is 20.3. The van der Waals surface area contributed by atoms with Gasteiger partial charge in [-0.1, -0.05) is 133 Å². The van der Waals surface area contributed by atoms with Crippen molar-refractivity contribution < 1.29 is 71.7 Å². The molecule has 0 fully saturated rings. The summed E-state index contributed by atoms with van der Waals surface area (Å²) in [7, 11) is -7.04. The summed E-state index contributed by atoms with van der Waals surface area (Å²) in [5.74, 6) is 4.29. The Morgan fingerprint density at radius 2 is 0.815 bits per heavy atom. The molecule has 5 aromatic rings. The molecule has 7 rings (SSSR count). The molecule has 512 valence electrons. The molecule has 0 bridgehead atoms. The van der Waals surface area contributed by atoms with Crippen molar-refractivity contribution in [3.05, 3.63) is 182 Å². The molecule has 0 aromatic heterocycles. The lowest BCUT2D eigenvalue weighted by atomic mass is 10.1. The molecule has 0 unspecified atom stereocenters. The Hall–Kier alpha value is -4.46. The number of hydrogen-bond donors (Lipinski definition) is 0. The Labute approximate surface area is 566 Å². The zero-order valence-electron chi connectivity index (χ0n) is 56.7. The minimum absolute atomic E-state index is 0.490. The number of rotatable bonds is 36. The standard InChI is InChI=1S/C18H30O4Si.C16H26O4Si.C15H24O4Si.C11H16O3Si.C9H10Cl2OSi/c1-5-15-19-18-13-11-17(12-14-18)10-9-16-23(20-6-2,21-7-3)22-8-4;1-5-13-17-16-11-9-15(10-12-16)14-21(18-6-2,19-7-3)20-8-4;1-5-13-16-14-9-11-15(12-10-14)20(17-6-2,18-7-3)19-8-4;1-12-15(13-2)9-5-7-10-6-3-4-8-11(10)14-15;10-13(11)7-3-5-8-4-1-2-6-9(8)12-13/h5,11-14H,1,6-10,15-16H2,2-4H3;5,9-12H,1,6-8,13-14H2,2-4H3;5,9-12H,1,6-8,13H2,2-4H3;3-4,6,8H,5,7,9H2,1-2H3;1-2,4,6H,3,5,7H2. The molecule has 0 aliphatic carbocycles. The summed E-state index contributed by atoms with van der Waals surface area (Å²) in [6, 6.07) is 43.1. The number of benzene rings is 5. The lowest BCUT2D eigenvalue weighted by Crippen LogP contribution is -2.56. The average Bonchev–Trinajstić information content (AvgIpc) is 1.12. The van der Waals surface area contributed by atoms with E-state index < -0.39 is 42.2 Å². The predicted octanol–water partition coefficient (Wildman–Crippen LogP) is 15.8. The van der Waals surface area contributed by atoms with Gasteiger partial charge in [-0.3, -0.25) is 0 Å². The third kappa shape index (κ3) is 29.7. The highest BCUT2D eigenvalue weighted by Gasteiger charge is 2.45. The van der Waals surface area contributed by atoms with E-state index in [9.17, 15) is 0 Å². The number of ether oxygens (including phenoxy) is 3. The molecule has 0 saturated carbocycles. The van der Waals surface area contributed by atoms with Gasteiger partial charge in [0, 0.05) is 103 Å². The lowest BCUT2D eigenvalue weighted by Gasteiger charge is -2.28. The van der Waals surface area contributed by atoms with E-state index in [4.69, 9.17) is 93.9 Å². The number of aryl methyl sites for hydroxylation is 3. The van der Waals surface area contributed by atoms with Crippen LogP contribution in [0.1, 0.15) is 104 Å². The second kappa shape index (κ2) is 46.6. The Kier molecular flexibility index (Phi) is 41.4. The SMILES string of the molecule is C=CCOc1ccc(CCC[Si](OCC)(OCC)OCC)cc1.C=CCOc1ccc(C[Si](OCC)(OCC)OCC)cc1.C=CCOc1ccc([Si](OCC)(OCC)OCC)cc1.CO[Si]1(OC)CCCc2ccccc2O1.Cl[Si]1(Cl)CCCc2ccccc2O1. The molecule has 0 atom stereocenters. The minimum Gasteiger partial charge on any atom is -0.518 e. The van der Waals surface area contributed by atoms with Gasteiger partial charge in [0.15, 0.2) is 0 Å². The molecule has 0 N–H and O–H groups in total. The van der Waals surface area contributed by atoms with Crippen LogP contribution in [0.5, 0.6) is 28.7 Å². The van der Waals surface area contributed by atoms with Crippen molar-refractivity contribution in [3.63, 3.8) is 0 Å². The number of fused-ring (bicyclic) bond motifs is 2. The quantitative estimate of drug-likeness (QED) is 0.0213. The van der Waals surface area contributed by atoms with Crippen molar-refractivity contribution in [1.82, 2.24) is 0 Å². The van der Waals surface area contributed by atoms with Crippen LogP contribution in [0.4, 0.5) is 0 Å². The van der Waals surface area contributed by atoms with Crippen molar-refractivity contribution in [2.24, 2.45) is 0 Å². The summed E-state index contributed by atoms with van der Waals surface area (Å²) < 4.78 is 91.7. The Morgan fingerprint density at radius 3 is 1.22 bits per heavy atom. The average molecular weight is 1400 g/mol. The molecule has 16 nitrogen and oxygen atoms in total. The summed E-state index contributed by atoms with van der Waals surface area (Å²) in [5, 5.41) is 0.953. The van der Waals surface area contributed by atoms with Gasteiger partial charge < -0.3 is 71.7 Å². The molecule has 23 heteroatoms. The smallest absolute Gasteiger partial charge is 0.518 e. The Bertz CT molecular complexity index is 2700. The highest BCUT2D eigenvalue weighted by atomic mass is 35.7. The van der Waals surface area contributed by atoms with Crippen molar-refractivity contribution in [3.8, 4) is 28.7 Å². The minimum atomic E-state index is -2.80. The molecule has 2 aliphatic heterocycles. The fourth-order valence-electron chi connectivity index (χ4n) is 9.72. The van der Waals surface area contributed by atoms with Crippen molar-refractivity contribution in [2.75, 3.05) is 93.5 Å². The van der Waals surface area contributed by atoms with Gasteiger partial charge in [-0.05, 0) is 172 Å². The van der Waals surface area contributed by atoms with Crippen LogP contribution in [0.15, 0.2) is 159 Å². The summed E-state index contributed by atoms with van der Waals surface area (Å²) in [5.41, 5.74) is 4.88. The zero-order valence-corrected chi connectivity index (χ0v) is 63.3. The first kappa shape index (κ1) is 81.8. The van der Waals surface area contributed by atoms with E-state index in [2.05, 4.69) is 44.0 Å². The van der Waals surface area contributed by atoms with Gasteiger partial charge in [0.2, 0.25) is 0 Å². The van der Waals surface area contributed by atoms with Crippen LogP contribution in [0.25, 0.3) is 0 Å². The van der Waals surface area contributed by atoms with E-state index in [-0.39, 0.29) is 0 Å². The predicted molar refractivity (Wildman–Crippen MR) is 382 cm³/mol. The molecular weight excluding hydrogens is 1300 g/mol. The number of halogens is 2. The van der Waals surface area contributed by atoms with Gasteiger partial charge in [-0.25, -0.2) is 0 Å². The first-order chi connectivity index (χ1) is 44.6. The molecule has 92 heavy (non-hydrogen) atoms. The van der Waals surface area contributed by atoms with Gasteiger partial charge in [-0.2, -0.15) is 0 Å². The molecule has 5 aromatic carbocycles. The molecule has 0 amide bonds. The zero-order chi connectivity index (χ0) is 67.4. The summed E-state index contributed by atoms with van der Waals surface area (Å²) in [6.45, 7) is 33.0. The normalized spacial score (nSPS) is 13.8. The fourth-order valence-corrected chi connectivity index (χ4v) is 21.9. The summed E-state index contributed by atoms with van der Waals surface area (Å²) in [6.07, 6.45) is 11.3. The topological polar surface area (TPSA) is 148 Å². The van der Waals surface area contributed by atoms with E-state index >= 15 is 0 Å². The van der Waals surface area contributed by atoms with Gasteiger partial charge in [0.05, 0.1) is 0 Å². The van der Waals surface area contributed by atoms with Gasteiger partial charge >= 0.3 is 42.2 Å². The van der Waals surface area contributed by atoms with Crippen LogP contribution in [-0.2, 0) is 74.0 Å². The van der Waals surface area contributed by atoms with Gasteiger partial charge in [0.1, 0.15) is 48.6 Å². The lowest BCUT2D eigenvalue weighted by molar-refractivity contribution is 0.0697. The fraction of sp³-hybridized carbons (Fsp3) is 0.478. The first-order valence-corrected chi connectivity index (χ1v) is 44.0. The molecule has 2 heterocycles. The van der Waals surface area contributed by atoms with Crippen LogP contribution in [-0.4, -0.2) is 136 Å². The maximum Gasteiger partial charge on any atom is 0.565 e. The van der Waals surface area contributed by atoms with Gasteiger partial charge in [0.25, 0.3) is 0 Å². The maximum atomic E-state index is 6.09. The van der Waals surface area contributed by atoms with Crippen LogP contribution >= 0.6 is 22.2 Å². The van der Waals surface area contributed by atoms with Crippen LogP contribution in [0.2, 0.25) is 18.1 Å². The van der Waals surface area contributed by atoms with E-state index in [1.165, 1.54) is 16.7 Å². The van der Waals surface area contributed by atoms with Crippen molar-refractivity contribution >= 4 is 69.5 Å². The second-order valence-corrected chi connectivity index (χ2v) is 37.3. The maximum absolute atomic E-state index is 6.09. The molecule has 0 radical (unpaired) electrons. The highest BCUT2D eigenvalue weighted by Crippen LogP contribution is 2.35. The monoisotopic (exact) mass is 1400 g/mol. The Morgan fingerprint density at radius 1 is 0.446 bits per heavy atom. The van der Waals surface area contributed by atoms with Crippen molar-refractivity contribution in [2.45, 2.75) is 125 Å². The first-order valence-electron chi connectivity index (χ1n) is 32.3. The number of para-hydroxylation sites is 2.